The molecule has 7 heteroatoms. The highest BCUT2D eigenvalue weighted by Crippen LogP contribution is 2.45. The molecule has 0 aliphatic rings. The molecule has 37 heavy (non-hydrogen) atoms. The van der Waals surface area contributed by atoms with Gasteiger partial charge < -0.3 is 9.47 Å². The van der Waals surface area contributed by atoms with Crippen molar-refractivity contribution in [3.63, 3.8) is 0 Å². The van der Waals surface area contributed by atoms with Gasteiger partial charge in [0, 0.05) is 14.7 Å². The second-order valence-corrected chi connectivity index (χ2v) is 12.0. The highest BCUT2D eigenvalue weighted by molar-refractivity contribution is 14.1. The minimum absolute atomic E-state index is 0.552. The Bertz CT molecular complexity index is 1500. The summed E-state index contributed by atoms with van der Waals surface area (Å²) in [7, 11) is 0. The molecular formula is C30H31IN2O4. The molecule has 0 fully saturated rings. The van der Waals surface area contributed by atoms with Gasteiger partial charge in [0.05, 0.1) is 11.4 Å². The zero-order valence-corrected chi connectivity index (χ0v) is 24.0. The van der Waals surface area contributed by atoms with Crippen LogP contribution in [0, 0.1) is 3.57 Å². The summed E-state index contributed by atoms with van der Waals surface area (Å²) in [5, 5.41) is 9.81. The second kappa shape index (κ2) is 10.2. The first kappa shape index (κ1) is 26.7. The lowest BCUT2D eigenvalue weighted by Gasteiger charge is -2.24. The van der Waals surface area contributed by atoms with Crippen molar-refractivity contribution in [3.8, 4) is 11.1 Å². The summed E-state index contributed by atoms with van der Waals surface area (Å²) in [5.41, 5.74) is 1.44. The van der Waals surface area contributed by atoms with Gasteiger partial charge in [-0.2, -0.15) is 0 Å². The molecule has 2 N–H and O–H groups in total. The summed E-state index contributed by atoms with van der Waals surface area (Å²) in [6, 6.07) is 21.8. The lowest BCUT2D eigenvalue weighted by molar-refractivity contribution is 0.0624. The molecule has 0 unspecified atom stereocenters. The van der Waals surface area contributed by atoms with Crippen LogP contribution in [-0.2, 0) is 9.47 Å². The highest BCUT2D eigenvalue weighted by atomic mass is 127. The van der Waals surface area contributed by atoms with Gasteiger partial charge in [-0.1, -0.05) is 54.6 Å². The minimum Gasteiger partial charge on any atom is -0.444 e. The van der Waals surface area contributed by atoms with Crippen LogP contribution in [0.25, 0.3) is 32.7 Å². The number of hydrogen-bond donors (Lipinski definition) is 2. The van der Waals surface area contributed by atoms with Gasteiger partial charge in [-0.25, -0.2) is 9.59 Å². The number of nitrogens with one attached hydrogen (secondary N) is 2. The number of ether oxygens (including phenoxy) is 2. The minimum atomic E-state index is -0.657. The molecule has 0 saturated carbocycles. The van der Waals surface area contributed by atoms with Gasteiger partial charge in [-0.05, 0) is 97.8 Å². The van der Waals surface area contributed by atoms with Crippen molar-refractivity contribution in [2.24, 2.45) is 0 Å². The number of amides is 2. The van der Waals surface area contributed by atoms with Gasteiger partial charge in [0.2, 0.25) is 0 Å². The number of carbonyl (C=O) groups excluding carboxylic acids is 2. The molecule has 0 aliphatic carbocycles. The zero-order valence-electron chi connectivity index (χ0n) is 21.9. The standard InChI is InChI=1S/C30H31IN2O4/c1-29(2,3)36-27(34)32-23-16-15-18-11-7-9-13-20(18)24(23)25-21-14-10-8-12-19(21)17-22(31)26(25)33-28(35)37-30(4,5)6/h7-17H,1-6H3,(H,32,34)(H,33,35). The van der Waals surface area contributed by atoms with Crippen LogP contribution in [-0.4, -0.2) is 23.4 Å². The fourth-order valence-electron chi connectivity index (χ4n) is 4.16. The smallest absolute Gasteiger partial charge is 0.412 e. The van der Waals surface area contributed by atoms with Crippen molar-refractivity contribution in [1.29, 1.82) is 0 Å². The van der Waals surface area contributed by atoms with E-state index in [1.807, 2.05) is 108 Å². The van der Waals surface area contributed by atoms with Crippen LogP contribution in [0.1, 0.15) is 41.5 Å². The SMILES string of the molecule is CC(C)(C)OC(=O)Nc1ccc2ccccc2c1-c1c(NC(=O)OC(C)(C)C)c(I)cc2ccccc12. The summed E-state index contributed by atoms with van der Waals surface area (Å²) in [6.07, 6.45) is -1.11. The third-order valence-corrected chi connectivity index (χ3v) is 6.29. The van der Waals surface area contributed by atoms with E-state index in [1.165, 1.54) is 0 Å². The van der Waals surface area contributed by atoms with Gasteiger partial charge in [-0.3, -0.25) is 10.6 Å². The second-order valence-electron chi connectivity index (χ2n) is 10.8. The predicted octanol–water partition coefficient (Wildman–Crippen LogP) is 8.96. The van der Waals surface area contributed by atoms with Crippen molar-refractivity contribution in [2.45, 2.75) is 52.7 Å². The zero-order chi connectivity index (χ0) is 27.0. The Labute approximate surface area is 230 Å². The summed E-state index contributed by atoms with van der Waals surface area (Å²) >= 11 is 2.23. The molecule has 0 saturated heterocycles. The van der Waals surface area contributed by atoms with Crippen molar-refractivity contribution < 1.29 is 19.1 Å². The number of halogens is 1. The van der Waals surface area contributed by atoms with E-state index in [9.17, 15) is 9.59 Å². The molecule has 2 amide bonds. The molecule has 0 radical (unpaired) electrons. The molecular weight excluding hydrogens is 579 g/mol. The van der Waals surface area contributed by atoms with Crippen LogP contribution in [0.4, 0.5) is 21.0 Å². The fraction of sp³-hybridized carbons (Fsp3) is 0.267. The molecule has 0 heterocycles. The van der Waals surface area contributed by atoms with E-state index in [0.29, 0.717) is 11.4 Å². The normalized spacial score (nSPS) is 11.9. The van der Waals surface area contributed by atoms with E-state index >= 15 is 0 Å². The third-order valence-electron chi connectivity index (χ3n) is 5.44. The summed E-state index contributed by atoms with van der Waals surface area (Å²) in [4.78, 5) is 25.8. The van der Waals surface area contributed by atoms with Gasteiger partial charge >= 0.3 is 12.2 Å². The van der Waals surface area contributed by atoms with Crippen LogP contribution in [0.15, 0.2) is 66.7 Å². The van der Waals surface area contributed by atoms with E-state index in [0.717, 1.165) is 36.2 Å². The van der Waals surface area contributed by atoms with Crippen molar-refractivity contribution in [3.05, 3.63) is 70.3 Å². The molecule has 0 atom stereocenters. The Morgan fingerprint density at radius 3 is 1.78 bits per heavy atom. The lowest BCUT2D eigenvalue weighted by Crippen LogP contribution is -2.28. The van der Waals surface area contributed by atoms with Gasteiger partial charge in [0.1, 0.15) is 11.2 Å². The number of rotatable bonds is 3. The number of benzene rings is 4. The Kier molecular flexibility index (Phi) is 7.37. The first-order chi connectivity index (χ1) is 17.3. The molecule has 0 spiro atoms. The largest absolute Gasteiger partial charge is 0.444 e. The Morgan fingerprint density at radius 1 is 0.676 bits per heavy atom. The van der Waals surface area contributed by atoms with E-state index in [-0.39, 0.29) is 0 Å². The predicted molar refractivity (Wildman–Crippen MR) is 159 cm³/mol. The molecule has 4 rings (SSSR count). The topological polar surface area (TPSA) is 76.7 Å². The molecule has 6 nitrogen and oxygen atoms in total. The summed E-state index contributed by atoms with van der Waals surface area (Å²) < 4.78 is 12.0. The maximum atomic E-state index is 13.0. The fourth-order valence-corrected chi connectivity index (χ4v) is 4.90. The van der Waals surface area contributed by atoms with Crippen LogP contribution in [0.5, 0.6) is 0 Å². The molecule has 0 aliphatic heterocycles. The van der Waals surface area contributed by atoms with E-state index in [4.69, 9.17) is 9.47 Å². The van der Waals surface area contributed by atoms with E-state index < -0.39 is 23.4 Å². The average Bonchev–Trinajstić information content (AvgIpc) is 2.77. The molecule has 4 aromatic carbocycles. The molecule has 0 bridgehead atoms. The van der Waals surface area contributed by atoms with Gasteiger partial charge in [0.15, 0.2) is 0 Å². The lowest BCUT2D eigenvalue weighted by atomic mass is 9.91. The Balaban J connectivity index is 2.01. The molecule has 0 aromatic heterocycles. The van der Waals surface area contributed by atoms with Crippen LogP contribution >= 0.6 is 22.6 Å². The van der Waals surface area contributed by atoms with Gasteiger partial charge in [-0.15, -0.1) is 0 Å². The average molecular weight is 610 g/mol. The van der Waals surface area contributed by atoms with E-state index in [1.54, 1.807) is 0 Å². The number of anilines is 2. The van der Waals surface area contributed by atoms with Crippen molar-refractivity contribution in [1.82, 2.24) is 0 Å². The van der Waals surface area contributed by atoms with Crippen molar-refractivity contribution in [2.75, 3.05) is 10.6 Å². The van der Waals surface area contributed by atoms with E-state index in [2.05, 4.69) is 33.2 Å². The Morgan fingerprint density at radius 2 is 1.19 bits per heavy atom. The number of fused-ring (bicyclic) bond motifs is 2. The first-order valence-electron chi connectivity index (χ1n) is 12.1. The van der Waals surface area contributed by atoms with Crippen molar-refractivity contribution >= 4 is 67.7 Å². The maximum Gasteiger partial charge on any atom is 0.412 e. The first-order valence-corrected chi connectivity index (χ1v) is 13.1. The highest BCUT2D eigenvalue weighted by Gasteiger charge is 2.25. The Hall–Kier alpha value is -3.33. The molecule has 4 aromatic rings. The van der Waals surface area contributed by atoms with Crippen LogP contribution in [0.3, 0.4) is 0 Å². The van der Waals surface area contributed by atoms with Crippen LogP contribution in [0.2, 0.25) is 0 Å². The maximum absolute atomic E-state index is 13.0. The third kappa shape index (κ3) is 6.33. The van der Waals surface area contributed by atoms with Crippen LogP contribution < -0.4 is 10.6 Å². The molecule has 192 valence electrons. The summed E-state index contributed by atoms with van der Waals surface area (Å²) in [5.74, 6) is 0. The van der Waals surface area contributed by atoms with Gasteiger partial charge in [0.25, 0.3) is 0 Å². The monoisotopic (exact) mass is 610 g/mol. The number of hydrogen-bond acceptors (Lipinski definition) is 4. The summed E-state index contributed by atoms with van der Waals surface area (Å²) in [6.45, 7) is 10.9. The number of carbonyl (C=O) groups is 2. The quantitative estimate of drug-likeness (QED) is 0.227.